The SMILES string of the molecule is Cc1cc2c(cc1CN1CCn3nc([C@@H](O)CO)cc3C1)OCO2. The number of nitrogens with zero attached hydrogens (tertiary/aromatic N) is 3. The largest absolute Gasteiger partial charge is 0.454 e. The molecule has 0 saturated heterocycles. The molecule has 0 radical (unpaired) electrons. The van der Waals surface area contributed by atoms with E-state index in [1.807, 2.05) is 16.8 Å². The Balaban J connectivity index is 1.50. The first-order valence-corrected chi connectivity index (χ1v) is 8.11. The molecular weight excluding hydrogens is 310 g/mol. The van der Waals surface area contributed by atoms with Gasteiger partial charge in [0.15, 0.2) is 11.5 Å². The summed E-state index contributed by atoms with van der Waals surface area (Å²) in [6.07, 6.45) is -0.910. The number of hydrogen-bond donors (Lipinski definition) is 2. The summed E-state index contributed by atoms with van der Waals surface area (Å²) in [6, 6.07) is 5.96. The lowest BCUT2D eigenvalue weighted by Gasteiger charge is -2.28. The van der Waals surface area contributed by atoms with Crippen LogP contribution in [0.15, 0.2) is 18.2 Å². The molecule has 2 aromatic rings. The summed E-state index contributed by atoms with van der Waals surface area (Å²) in [6.45, 7) is 5.31. The number of ether oxygens (including phenoxy) is 2. The number of aryl methyl sites for hydroxylation is 1. The highest BCUT2D eigenvalue weighted by Gasteiger charge is 2.22. The third-order valence-corrected chi connectivity index (χ3v) is 4.64. The summed E-state index contributed by atoms with van der Waals surface area (Å²) in [5, 5.41) is 23.2. The van der Waals surface area contributed by atoms with Crippen molar-refractivity contribution in [3.05, 3.63) is 40.7 Å². The molecule has 0 saturated carbocycles. The van der Waals surface area contributed by atoms with Gasteiger partial charge in [-0.2, -0.15) is 5.10 Å². The molecule has 1 aromatic heterocycles. The quantitative estimate of drug-likeness (QED) is 0.869. The van der Waals surface area contributed by atoms with E-state index in [9.17, 15) is 5.11 Å². The van der Waals surface area contributed by atoms with Gasteiger partial charge in [-0.25, -0.2) is 0 Å². The summed E-state index contributed by atoms with van der Waals surface area (Å²) in [4.78, 5) is 2.34. The van der Waals surface area contributed by atoms with Crippen LogP contribution in [-0.4, -0.2) is 44.8 Å². The van der Waals surface area contributed by atoms with Crippen molar-refractivity contribution in [2.24, 2.45) is 0 Å². The van der Waals surface area contributed by atoms with E-state index in [1.54, 1.807) is 0 Å². The maximum atomic E-state index is 9.74. The van der Waals surface area contributed by atoms with Crippen LogP contribution >= 0.6 is 0 Å². The summed E-state index contributed by atoms with van der Waals surface area (Å²) in [7, 11) is 0. The molecule has 1 aromatic carbocycles. The first-order chi connectivity index (χ1) is 11.6. The van der Waals surface area contributed by atoms with E-state index in [2.05, 4.69) is 23.0 Å². The fourth-order valence-corrected chi connectivity index (χ4v) is 3.23. The fourth-order valence-electron chi connectivity index (χ4n) is 3.23. The summed E-state index contributed by atoms with van der Waals surface area (Å²) in [5.74, 6) is 1.63. The van der Waals surface area contributed by atoms with Crippen LogP contribution in [0.25, 0.3) is 0 Å². The number of benzene rings is 1. The first kappa shape index (κ1) is 15.4. The summed E-state index contributed by atoms with van der Waals surface area (Å²) in [5.41, 5.74) is 4.01. The second kappa shape index (κ2) is 6.08. The predicted molar refractivity (Wildman–Crippen MR) is 85.7 cm³/mol. The predicted octanol–water partition coefficient (Wildman–Crippen LogP) is 0.962. The number of rotatable bonds is 4. The van der Waals surface area contributed by atoms with Crippen molar-refractivity contribution in [1.82, 2.24) is 14.7 Å². The Bertz CT molecular complexity index is 759. The highest BCUT2D eigenvalue weighted by atomic mass is 16.7. The van der Waals surface area contributed by atoms with Crippen LogP contribution in [0.1, 0.15) is 28.6 Å². The molecule has 0 fully saturated rings. The Morgan fingerprint density at radius 1 is 1.21 bits per heavy atom. The highest BCUT2D eigenvalue weighted by molar-refractivity contribution is 5.48. The normalized spacial score (nSPS) is 17.8. The standard InChI is InChI=1S/C17H21N3O4/c1-11-4-16-17(24-10-23-16)5-12(11)7-19-2-3-20-13(8-19)6-14(18-20)15(22)9-21/h4-6,15,21-22H,2-3,7-10H2,1H3/t15-/m0/s1. The van der Waals surface area contributed by atoms with Gasteiger partial charge in [0.2, 0.25) is 6.79 Å². The topological polar surface area (TPSA) is 80.0 Å². The van der Waals surface area contributed by atoms with Gasteiger partial charge in [0.1, 0.15) is 6.10 Å². The lowest BCUT2D eigenvalue weighted by atomic mass is 10.1. The van der Waals surface area contributed by atoms with Gasteiger partial charge < -0.3 is 19.7 Å². The fraction of sp³-hybridized carbons (Fsp3) is 0.471. The van der Waals surface area contributed by atoms with Crippen molar-refractivity contribution in [3.63, 3.8) is 0 Å². The zero-order valence-corrected chi connectivity index (χ0v) is 13.6. The number of hydrogen-bond acceptors (Lipinski definition) is 6. The van der Waals surface area contributed by atoms with Crippen molar-refractivity contribution in [3.8, 4) is 11.5 Å². The number of fused-ring (bicyclic) bond motifs is 2. The van der Waals surface area contributed by atoms with Crippen LogP contribution in [-0.2, 0) is 19.6 Å². The maximum absolute atomic E-state index is 9.74. The Kier molecular flexibility index (Phi) is 3.91. The molecule has 3 heterocycles. The summed E-state index contributed by atoms with van der Waals surface area (Å²) < 4.78 is 12.8. The molecule has 128 valence electrons. The zero-order valence-electron chi connectivity index (χ0n) is 13.6. The lowest BCUT2D eigenvalue weighted by Crippen LogP contribution is -2.33. The molecule has 24 heavy (non-hydrogen) atoms. The summed E-state index contributed by atoms with van der Waals surface area (Å²) >= 11 is 0. The molecule has 0 bridgehead atoms. The molecule has 2 aliphatic rings. The van der Waals surface area contributed by atoms with Gasteiger partial charge in [0.25, 0.3) is 0 Å². The molecule has 0 spiro atoms. The Morgan fingerprint density at radius 2 is 2.00 bits per heavy atom. The van der Waals surface area contributed by atoms with Crippen LogP contribution in [0.2, 0.25) is 0 Å². The maximum Gasteiger partial charge on any atom is 0.231 e. The molecule has 2 N–H and O–H groups in total. The van der Waals surface area contributed by atoms with E-state index in [1.165, 1.54) is 11.1 Å². The van der Waals surface area contributed by atoms with Gasteiger partial charge in [-0.3, -0.25) is 9.58 Å². The van der Waals surface area contributed by atoms with Gasteiger partial charge in [0.05, 0.1) is 24.5 Å². The minimum absolute atomic E-state index is 0.289. The molecule has 4 rings (SSSR count). The van der Waals surface area contributed by atoms with Crippen LogP contribution in [0.3, 0.4) is 0 Å². The molecule has 0 aliphatic carbocycles. The molecular formula is C17H21N3O4. The molecule has 7 heteroatoms. The van der Waals surface area contributed by atoms with Gasteiger partial charge in [0, 0.05) is 19.6 Å². The molecule has 7 nitrogen and oxygen atoms in total. The Labute approximate surface area is 140 Å². The van der Waals surface area contributed by atoms with E-state index >= 15 is 0 Å². The first-order valence-electron chi connectivity index (χ1n) is 8.11. The van der Waals surface area contributed by atoms with Gasteiger partial charge in [-0.05, 0) is 36.2 Å². The van der Waals surface area contributed by atoms with Crippen molar-refractivity contribution >= 4 is 0 Å². The molecule has 2 aliphatic heterocycles. The van der Waals surface area contributed by atoms with Gasteiger partial charge in [-0.15, -0.1) is 0 Å². The van der Waals surface area contributed by atoms with Crippen molar-refractivity contribution in [2.45, 2.75) is 32.7 Å². The third kappa shape index (κ3) is 2.75. The second-order valence-electron chi connectivity index (χ2n) is 6.32. The van der Waals surface area contributed by atoms with Crippen molar-refractivity contribution < 1.29 is 19.7 Å². The van der Waals surface area contributed by atoms with E-state index in [0.717, 1.165) is 43.4 Å². The zero-order chi connectivity index (χ0) is 16.7. The van der Waals surface area contributed by atoms with E-state index in [0.29, 0.717) is 5.69 Å². The van der Waals surface area contributed by atoms with Gasteiger partial charge in [-0.1, -0.05) is 0 Å². The molecule has 0 unspecified atom stereocenters. The van der Waals surface area contributed by atoms with Crippen LogP contribution in [0.4, 0.5) is 0 Å². The third-order valence-electron chi connectivity index (χ3n) is 4.64. The monoisotopic (exact) mass is 331 g/mol. The average molecular weight is 331 g/mol. The van der Waals surface area contributed by atoms with Crippen LogP contribution in [0.5, 0.6) is 11.5 Å². The molecule has 0 amide bonds. The van der Waals surface area contributed by atoms with E-state index < -0.39 is 6.10 Å². The highest BCUT2D eigenvalue weighted by Crippen LogP contribution is 2.35. The lowest BCUT2D eigenvalue weighted by molar-refractivity contribution is 0.0915. The van der Waals surface area contributed by atoms with Crippen molar-refractivity contribution in [2.75, 3.05) is 19.9 Å². The smallest absolute Gasteiger partial charge is 0.231 e. The van der Waals surface area contributed by atoms with Gasteiger partial charge >= 0.3 is 0 Å². The number of aliphatic hydroxyl groups excluding tert-OH is 2. The second-order valence-corrected chi connectivity index (χ2v) is 6.32. The Hall–Kier alpha value is -2.09. The number of aliphatic hydroxyl groups is 2. The van der Waals surface area contributed by atoms with Crippen LogP contribution < -0.4 is 9.47 Å². The molecule has 1 atom stereocenters. The van der Waals surface area contributed by atoms with E-state index in [-0.39, 0.29) is 13.4 Å². The van der Waals surface area contributed by atoms with Crippen molar-refractivity contribution in [1.29, 1.82) is 0 Å². The average Bonchev–Trinajstić information content (AvgIpc) is 3.20. The number of aromatic nitrogens is 2. The van der Waals surface area contributed by atoms with E-state index in [4.69, 9.17) is 14.6 Å². The Morgan fingerprint density at radius 3 is 2.79 bits per heavy atom. The minimum atomic E-state index is -0.910. The minimum Gasteiger partial charge on any atom is -0.454 e. The van der Waals surface area contributed by atoms with Crippen LogP contribution in [0, 0.1) is 6.92 Å².